The second-order valence-corrected chi connectivity index (χ2v) is 7.55. The number of Topliss-reactive ketones (excluding diaryl/α,β-unsaturated/α-hetero) is 1. The Bertz CT molecular complexity index is 457. The van der Waals surface area contributed by atoms with Crippen molar-refractivity contribution in [1.82, 2.24) is 16.0 Å². The first kappa shape index (κ1) is 15.9. The molecule has 7 atom stereocenters. The Balaban J connectivity index is 1.47. The lowest BCUT2D eigenvalue weighted by atomic mass is 9.78. The summed E-state index contributed by atoms with van der Waals surface area (Å²) in [5.74, 6) is 0.522. The van der Waals surface area contributed by atoms with Gasteiger partial charge in [0.15, 0.2) is 5.78 Å². The maximum atomic E-state index is 13.0. The maximum absolute atomic E-state index is 13.0. The average molecular weight is 324 g/mol. The highest BCUT2D eigenvalue weighted by Crippen LogP contribution is 2.34. The lowest BCUT2D eigenvalue weighted by Crippen LogP contribution is -2.73. The van der Waals surface area contributed by atoms with Crippen molar-refractivity contribution < 1.29 is 14.6 Å². The van der Waals surface area contributed by atoms with Crippen molar-refractivity contribution in [3.8, 4) is 0 Å². The molecule has 7 nitrogen and oxygen atoms in total. The monoisotopic (exact) mass is 324 g/mol. The molecule has 0 amide bonds. The first-order valence-corrected chi connectivity index (χ1v) is 8.98. The number of aliphatic hydroxyl groups is 1. The molecule has 0 spiro atoms. The average Bonchev–Trinajstić information content (AvgIpc) is 3.09. The number of rotatable bonds is 2. The zero-order valence-electron chi connectivity index (χ0n) is 13.4. The standard InChI is InChI=1S/C16H28N4O3/c17-14-9(7-21)5-10-13(22)12-11(23-16(10)20-14)6-18-15(19-12)8-3-1-2-4-8/h8-12,14-16,18-21H,1-7,17H2. The van der Waals surface area contributed by atoms with E-state index >= 15 is 0 Å². The van der Waals surface area contributed by atoms with Gasteiger partial charge in [0.2, 0.25) is 0 Å². The minimum atomic E-state index is -0.326. The third-order valence-electron chi connectivity index (χ3n) is 6.16. The van der Waals surface area contributed by atoms with Crippen LogP contribution < -0.4 is 21.7 Å². The normalized spacial score (nSPS) is 48.1. The van der Waals surface area contributed by atoms with E-state index < -0.39 is 0 Å². The number of aliphatic hydroxyl groups excluding tert-OH is 1. The van der Waals surface area contributed by atoms with E-state index in [4.69, 9.17) is 10.5 Å². The molecule has 0 radical (unpaired) electrons. The minimum Gasteiger partial charge on any atom is -0.396 e. The van der Waals surface area contributed by atoms with Crippen LogP contribution in [-0.2, 0) is 9.53 Å². The molecule has 7 heteroatoms. The predicted molar refractivity (Wildman–Crippen MR) is 84.1 cm³/mol. The Hall–Kier alpha value is -0.570. The molecule has 1 aliphatic carbocycles. The SMILES string of the molecule is NC1NC2OC3CNC(C4CCCC4)NC3C(=O)C2CC1CO. The zero-order chi connectivity index (χ0) is 16.0. The van der Waals surface area contributed by atoms with Crippen molar-refractivity contribution in [2.45, 2.75) is 62.8 Å². The molecular weight excluding hydrogens is 296 g/mol. The topological polar surface area (TPSA) is 109 Å². The second kappa shape index (κ2) is 6.38. The lowest BCUT2D eigenvalue weighted by molar-refractivity contribution is -0.172. The van der Waals surface area contributed by atoms with E-state index in [9.17, 15) is 9.90 Å². The summed E-state index contributed by atoms with van der Waals surface area (Å²) in [6.07, 6.45) is 5.05. The van der Waals surface area contributed by atoms with Crippen molar-refractivity contribution >= 4 is 5.78 Å². The molecule has 4 rings (SSSR count). The number of ketones is 1. The molecule has 7 unspecified atom stereocenters. The molecule has 23 heavy (non-hydrogen) atoms. The Morgan fingerprint density at radius 3 is 2.78 bits per heavy atom. The van der Waals surface area contributed by atoms with E-state index in [1.54, 1.807) is 0 Å². The van der Waals surface area contributed by atoms with Crippen LogP contribution in [0.25, 0.3) is 0 Å². The molecule has 1 saturated carbocycles. The number of nitrogens with two attached hydrogens (primary N) is 1. The molecule has 130 valence electrons. The highest BCUT2D eigenvalue weighted by molar-refractivity contribution is 5.88. The maximum Gasteiger partial charge on any atom is 0.159 e. The molecule has 4 fully saturated rings. The van der Waals surface area contributed by atoms with Crippen molar-refractivity contribution in [3.05, 3.63) is 0 Å². The van der Waals surface area contributed by atoms with Crippen molar-refractivity contribution in [1.29, 1.82) is 0 Å². The summed E-state index contributed by atoms with van der Waals surface area (Å²) in [6, 6.07) is -0.237. The van der Waals surface area contributed by atoms with E-state index in [0.717, 1.165) is 0 Å². The number of piperidine rings is 1. The fourth-order valence-corrected chi connectivity index (χ4v) is 4.75. The van der Waals surface area contributed by atoms with Gasteiger partial charge in [-0.15, -0.1) is 0 Å². The van der Waals surface area contributed by atoms with Gasteiger partial charge in [-0.25, -0.2) is 0 Å². The molecule has 0 bridgehead atoms. The van der Waals surface area contributed by atoms with Gasteiger partial charge in [0.1, 0.15) is 6.23 Å². The molecule has 6 N–H and O–H groups in total. The number of ether oxygens (including phenoxy) is 1. The largest absolute Gasteiger partial charge is 0.396 e. The molecule has 3 saturated heterocycles. The van der Waals surface area contributed by atoms with Gasteiger partial charge in [0.05, 0.1) is 30.4 Å². The van der Waals surface area contributed by atoms with Crippen LogP contribution >= 0.6 is 0 Å². The number of fused-ring (bicyclic) bond motifs is 2. The van der Waals surface area contributed by atoms with E-state index in [-0.39, 0.29) is 54.9 Å². The fourth-order valence-electron chi connectivity index (χ4n) is 4.75. The summed E-state index contributed by atoms with van der Waals surface area (Å²) >= 11 is 0. The summed E-state index contributed by atoms with van der Waals surface area (Å²) in [7, 11) is 0. The number of nitrogens with one attached hydrogen (secondary N) is 3. The van der Waals surface area contributed by atoms with Crippen LogP contribution in [0.3, 0.4) is 0 Å². The van der Waals surface area contributed by atoms with Crippen LogP contribution in [-0.4, -0.2) is 54.7 Å². The Kier molecular flexibility index (Phi) is 4.42. The Morgan fingerprint density at radius 1 is 1.26 bits per heavy atom. The number of hydrogen-bond acceptors (Lipinski definition) is 7. The fraction of sp³-hybridized carbons (Fsp3) is 0.938. The van der Waals surface area contributed by atoms with Crippen molar-refractivity contribution in [3.63, 3.8) is 0 Å². The highest BCUT2D eigenvalue weighted by Gasteiger charge is 2.51. The van der Waals surface area contributed by atoms with Gasteiger partial charge in [-0.3, -0.25) is 20.7 Å². The van der Waals surface area contributed by atoms with Crippen LogP contribution in [0.5, 0.6) is 0 Å². The number of hydrogen-bond donors (Lipinski definition) is 5. The number of carbonyl (C=O) groups is 1. The van der Waals surface area contributed by atoms with Crippen molar-refractivity contribution in [2.75, 3.05) is 13.2 Å². The summed E-state index contributed by atoms with van der Waals surface area (Å²) in [4.78, 5) is 13.0. The quantitative estimate of drug-likeness (QED) is 0.437. The molecule has 0 aromatic carbocycles. The molecule has 0 aromatic heterocycles. The van der Waals surface area contributed by atoms with E-state index in [1.165, 1.54) is 25.7 Å². The van der Waals surface area contributed by atoms with Gasteiger partial charge >= 0.3 is 0 Å². The van der Waals surface area contributed by atoms with Crippen LogP contribution in [0.1, 0.15) is 32.1 Å². The Morgan fingerprint density at radius 2 is 2.04 bits per heavy atom. The van der Waals surface area contributed by atoms with Gasteiger partial charge in [0, 0.05) is 19.1 Å². The van der Waals surface area contributed by atoms with E-state index in [0.29, 0.717) is 18.9 Å². The van der Waals surface area contributed by atoms with Gasteiger partial charge < -0.3 is 15.6 Å². The van der Waals surface area contributed by atoms with Crippen LogP contribution in [0, 0.1) is 17.8 Å². The smallest absolute Gasteiger partial charge is 0.159 e. The van der Waals surface area contributed by atoms with Gasteiger partial charge in [0.25, 0.3) is 0 Å². The van der Waals surface area contributed by atoms with Gasteiger partial charge in [-0.1, -0.05) is 12.8 Å². The summed E-state index contributed by atoms with van der Waals surface area (Å²) in [5, 5.41) is 19.7. The van der Waals surface area contributed by atoms with Crippen LogP contribution in [0.4, 0.5) is 0 Å². The van der Waals surface area contributed by atoms with E-state index in [1.807, 2.05) is 0 Å². The third kappa shape index (κ3) is 2.83. The molecule has 4 aliphatic rings. The van der Waals surface area contributed by atoms with Gasteiger partial charge in [-0.2, -0.15) is 0 Å². The summed E-state index contributed by atoms with van der Waals surface area (Å²) in [5.41, 5.74) is 6.02. The summed E-state index contributed by atoms with van der Waals surface area (Å²) in [6.45, 7) is 0.701. The number of carbonyl (C=O) groups excluding carboxylic acids is 1. The minimum absolute atomic E-state index is 0.00154. The molecule has 0 aromatic rings. The second-order valence-electron chi connectivity index (χ2n) is 7.55. The molecule has 3 heterocycles. The predicted octanol–water partition coefficient (Wildman–Crippen LogP) is -1.14. The van der Waals surface area contributed by atoms with Crippen LogP contribution in [0.2, 0.25) is 0 Å². The highest BCUT2D eigenvalue weighted by atomic mass is 16.5. The van der Waals surface area contributed by atoms with E-state index in [2.05, 4.69) is 16.0 Å². The molecular formula is C16H28N4O3. The third-order valence-corrected chi connectivity index (χ3v) is 6.16. The van der Waals surface area contributed by atoms with Gasteiger partial charge in [-0.05, 0) is 25.2 Å². The summed E-state index contributed by atoms with van der Waals surface area (Å²) < 4.78 is 6.12. The van der Waals surface area contributed by atoms with Crippen molar-refractivity contribution in [2.24, 2.45) is 23.5 Å². The lowest BCUT2D eigenvalue weighted by Gasteiger charge is -2.50. The zero-order valence-corrected chi connectivity index (χ0v) is 13.4. The first-order valence-electron chi connectivity index (χ1n) is 8.98. The van der Waals surface area contributed by atoms with Crippen LogP contribution in [0.15, 0.2) is 0 Å². The Labute approximate surface area is 136 Å². The first-order chi connectivity index (χ1) is 11.2. The molecule has 3 aliphatic heterocycles.